The number of rotatable bonds is 5. The number of hydrogen-bond acceptors (Lipinski definition) is 4. The van der Waals surface area contributed by atoms with Crippen LogP contribution in [0, 0.1) is 6.92 Å². The SMILES string of the molecule is Cc1nn(C)c(Sc2ncccc2Br)c1CNC(C)C. The Morgan fingerprint density at radius 3 is 2.85 bits per heavy atom. The topological polar surface area (TPSA) is 42.7 Å². The molecule has 0 aliphatic heterocycles. The summed E-state index contributed by atoms with van der Waals surface area (Å²) in [5, 5.41) is 10.1. The van der Waals surface area contributed by atoms with Crippen molar-refractivity contribution in [2.45, 2.75) is 43.4 Å². The van der Waals surface area contributed by atoms with E-state index in [0.29, 0.717) is 6.04 Å². The van der Waals surface area contributed by atoms with Gasteiger partial charge < -0.3 is 5.32 Å². The number of hydrogen-bond donors (Lipinski definition) is 1. The van der Waals surface area contributed by atoms with Gasteiger partial charge in [-0.05, 0) is 46.7 Å². The van der Waals surface area contributed by atoms with E-state index < -0.39 is 0 Å². The summed E-state index contributed by atoms with van der Waals surface area (Å²) in [6.07, 6.45) is 1.81. The fourth-order valence-corrected chi connectivity index (χ4v) is 3.33. The molecule has 0 atom stereocenters. The maximum absolute atomic E-state index is 4.53. The van der Waals surface area contributed by atoms with Crippen LogP contribution in [0.1, 0.15) is 25.1 Å². The van der Waals surface area contributed by atoms with E-state index in [9.17, 15) is 0 Å². The Morgan fingerprint density at radius 1 is 1.45 bits per heavy atom. The maximum Gasteiger partial charge on any atom is 0.116 e. The van der Waals surface area contributed by atoms with E-state index in [1.807, 2.05) is 30.1 Å². The summed E-state index contributed by atoms with van der Waals surface area (Å²) >= 11 is 5.19. The second-order valence-corrected chi connectivity index (χ2v) is 6.75. The minimum absolute atomic E-state index is 0.453. The molecular formula is C14H19BrN4S. The van der Waals surface area contributed by atoms with Gasteiger partial charge in [-0.2, -0.15) is 5.10 Å². The van der Waals surface area contributed by atoms with Crippen LogP contribution in [-0.2, 0) is 13.6 Å². The highest BCUT2D eigenvalue weighted by atomic mass is 79.9. The molecule has 0 aliphatic rings. The van der Waals surface area contributed by atoms with Crippen molar-refractivity contribution in [3.63, 3.8) is 0 Å². The van der Waals surface area contributed by atoms with E-state index in [2.05, 4.69) is 52.1 Å². The van der Waals surface area contributed by atoms with Crippen LogP contribution in [0.15, 0.2) is 32.9 Å². The molecule has 0 bridgehead atoms. The molecule has 108 valence electrons. The first-order valence-corrected chi connectivity index (χ1v) is 8.14. The summed E-state index contributed by atoms with van der Waals surface area (Å²) in [5.74, 6) is 0. The van der Waals surface area contributed by atoms with Crippen LogP contribution in [-0.4, -0.2) is 20.8 Å². The van der Waals surface area contributed by atoms with Crippen LogP contribution in [0.4, 0.5) is 0 Å². The molecule has 0 spiro atoms. The number of aryl methyl sites for hydroxylation is 2. The van der Waals surface area contributed by atoms with Gasteiger partial charge in [0.05, 0.1) is 10.2 Å². The number of halogens is 1. The average molecular weight is 355 g/mol. The van der Waals surface area contributed by atoms with Gasteiger partial charge in [0, 0.05) is 31.4 Å². The van der Waals surface area contributed by atoms with Crippen LogP contribution >= 0.6 is 27.7 Å². The van der Waals surface area contributed by atoms with Crippen LogP contribution in [0.3, 0.4) is 0 Å². The minimum atomic E-state index is 0.453. The lowest BCUT2D eigenvalue weighted by Crippen LogP contribution is -2.22. The Hall–Kier alpha value is -0.850. The van der Waals surface area contributed by atoms with Gasteiger partial charge in [-0.3, -0.25) is 4.68 Å². The highest BCUT2D eigenvalue weighted by Gasteiger charge is 2.16. The van der Waals surface area contributed by atoms with Gasteiger partial charge in [0.1, 0.15) is 10.1 Å². The van der Waals surface area contributed by atoms with E-state index in [1.165, 1.54) is 5.56 Å². The molecular weight excluding hydrogens is 336 g/mol. The average Bonchev–Trinajstić information content (AvgIpc) is 2.64. The Bertz CT molecular complexity index is 595. The quantitative estimate of drug-likeness (QED) is 0.891. The molecule has 0 fully saturated rings. The largest absolute Gasteiger partial charge is 0.310 e. The van der Waals surface area contributed by atoms with Crippen molar-refractivity contribution < 1.29 is 0 Å². The fraction of sp³-hybridized carbons (Fsp3) is 0.429. The molecule has 2 aromatic rings. The fourth-order valence-electron chi connectivity index (χ4n) is 1.86. The molecule has 20 heavy (non-hydrogen) atoms. The molecule has 0 radical (unpaired) electrons. The summed E-state index contributed by atoms with van der Waals surface area (Å²) < 4.78 is 2.94. The lowest BCUT2D eigenvalue weighted by Gasteiger charge is -2.10. The highest BCUT2D eigenvalue weighted by Crippen LogP contribution is 2.34. The van der Waals surface area contributed by atoms with Crippen LogP contribution in [0.5, 0.6) is 0 Å². The number of aromatic nitrogens is 3. The molecule has 2 aromatic heterocycles. The van der Waals surface area contributed by atoms with Crippen LogP contribution < -0.4 is 5.32 Å². The normalized spacial score (nSPS) is 11.3. The number of nitrogens with one attached hydrogen (secondary N) is 1. The summed E-state index contributed by atoms with van der Waals surface area (Å²) in [4.78, 5) is 4.41. The second kappa shape index (κ2) is 6.74. The predicted molar refractivity (Wildman–Crippen MR) is 86.0 cm³/mol. The van der Waals surface area contributed by atoms with E-state index in [4.69, 9.17) is 0 Å². The summed E-state index contributed by atoms with van der Waals surface area (Å²) in [6.45, 7) is 7.17. The summed E-state index contributed by atoms with van der Waals surface area (Å²) in [6, 6.07) is 4.38. The van der Waals surface area contributed by atoms with Crippen molar-refractivity contribution in [3.05, 3.63) is 34.1 Å². The second-order valence-electron chi connectivity index (χ2n) is 4.92. The van der Waals surface area contributed by atoms with Gasteiger partial charge in [0.15, 0.2) is 0 Å². The minimum Gasteiger partial charge on any atom is -0.310 e. The van der Waals surface area contributed by atoms with E-state index >= 15 is 0 Å². The van der Waals surface area contributed by atoms with Gasteiger partial charge >= 0.3 is 0 Å². The molecule has 0 amide bonds. The first-order chi connectivity index (χ1) is 9.49. The van der Waals surface area contributed by atoms with Crippen molar-refractivity contribution in [2.24, 2.45) is 7.05 Å². The van der Waals surface area contributed by atoms with Crippen LogP contribution in [0.2, 0.25) is 0 Å². The van der Waals surface area contributed by atoms with Crippen molar-refractivity contribution >= 4 is 27.7 Å². The zero-order chi connectivity index (χ0) is 14.7. The van der Waals surface area contributed by atoms with E-state index in [1.54, 1.807) is 11.8 Å². The first-order valence-electron chi connectivity index (χ1n) is 6.53. The summed E-state index contributed by atoms with van der Waals surface area (Å²) in [7, 11) is 1.98. The third-order valence-corrected chi connectivity index (χ3v) is 5.02. The van der Waals surface area contributed by atoms with E-state index in [0.717, 1.165) is 26.8 Å². The van der Waals surface area contributed by atoms with Crippen molar-refractivity contribution in [1.29, 1.82) is 0 Å². The van der Waals surface area contributed by atoms with Gasteiger partial charge in [-0.25, -0.2) is 4.98 Å². The van der Waals surface area contributed by atoms with Gasteiger partial charge in [0.25, 0.3) is 0 Å². The Labute approximate surface area is 132 Å². The van der Waals surface area contributed by atoms with Crippen molar-refractivity contribution in [2.75, 3.05) is 0 Å². The van der Waals surface area contributed by atoms with Crippen LogP contribution in [0.25, 0.3) is 0 Å². The molecule has 0 saturated heterocycles. The molecule has 0 saturated carbocycles. The zero-order valence-electron chi connectivity index (χ0n) is 12.1. The van der Waals surface area contributed by atoms with Gasteiger partial charge in [-0.1, -0.05) is 13.8 Å². The predicted octanol–water partition coefficient (Wildman–Crippen LogP) is 3.54. The van der Waals surface area contributed by atoms with Crippen molar-refractivity contribution in [3.8, 4) is 0 Å². The molecule has 1 N–H and O–H groups in total. The first kappa shape index (κ1) is 15.5. The lowest BCUT2D eigenvalue weighted by molar-refractivity contribution is 0.580. The maximum atomic E-state index is 4.53. The van der Waals surface area contributed by atoms with Gasteiger partial charge in [-0.15, -0.1) is 0 Å². The summed E-state index contributed by atoms with van der Waals surface area (Å²) in [5.41, 5.74) is 2.30. The standard InChI is InChI=1S/C14H19BrN4S/c1-9(2)17-8-11-10(3)18-19(4)14(11)20-13-12(15)6-5-7-16-13/h5-7,9,17H,8H2,1-4H3. The third-order valence-electron chi connectivity index (χ3n) is 2.89. The molecule has 0 unspecified atom stereocenters. The number of nitrogens with zero attached hydrogens (tertiary/aromatic N) is 3. The van der Waals surface area contributed by atoms with Gasteiger partial charge in [0.2, 0.25) is 0 Å². The molecule has 6 heteroatoms. The smallest absolute Gasteiger partial charge is 0.116 e. The molecule has 2 heterocycles. The molecule has 0 aliphatic carbocycles. The zero-order valence-corrected chi connectivity index (χ0v) is 14.5. The van der Waals surface area contributed by atoms with E-state index in [-0.39, 0.29) is 0 Å². The van der Waals surface area contributed by atoms with Crippen molar-refractivity contribution in [1.82, 2.24) is 20.1 Å². The lowest BCUT2D eigenvalue weighted by atomic mass is 10.2. The Balaban J connectivity index is 2.29. The Morgan fingerprint density at radius 2 is 2.20 bits per heavy atom. The highest BCUT2D eigenvalue weighted by molar-refractivity contribution is 9.10. The molecule has 4 nitrogen and oxygen atoms in total. The Kier molecular flexibility index (Phi) is 5.23. The third kappa shape index (κ3) is 3.62. The number of pyridine rings is 1. The molecule has 2 rings (SSSR count). The molecule has 0 aromatic carbocycles. The monoisotopic (exact) mass is 354 g/mol.